The van der Waals surface area contributed by atoms with Gasteiger partial charge in [-0.15, -0.1) is 0 Å². The van der Waals surface area contributed by atoms with Crippen molar-refractivity contribution in [3.8, 4) is 0 Å². The lowest BCUT2D eigenvalue weighted by Crippen LogP contribution is -2.46. The third kappa shape index (κ3) is 6.15. The number of benzene rings is 2. The summed E-state index contributed by atoms with van der Waals surface area (Å²) in [6.07, 6.45) is 4.09. The summed E-state index contributed by atoms with van der Waals surface area (Å²) < 4.78 is 27.3. The van der Waals surface area contributed by atoms with E-state index in [1.807, 2.05) is 23.1 Å². The fourth-order valence-electron chi connectivity index (χ4n) is 5.33. The number of nitrogens with zero attached hydrogens (tertiary/aromatic N) is 3. The van der Waals surface area contributed by atoms with Crippen LogP contribution in [0.5, 0.6) is 0 Å². The predicted octanol–water partition coefficient (Wildman–Crippen LogP) is 3.16. The highest BCUT2D eigenvalue weighted by Crippen LogP contribution is 2.30. The fraction of sp³-hybridized carbons (Fsp3) is 0.464. The molecule has 4 rings (SSSR count). The maximum absolute atomic E-state index is 14.1. The van der Waals surface area contributed by atoms with Crippen LogP contribution in [0.4, 0.5) is 14.5 Å². The van der Waals surface area contributed by atoms with Crippen molar-refractivity contribution >= 4 is 23.8 Å². The number of piperazine rings is 1. The average molecular weight is 513 g/mol. The molecule has 0 aromatic heterocycles. The molecule has 37 heavy (non-hydrogen) atoms. The van der Waals surface area contributed by atoms with Crippen LogP contribution in [-0.2, 0) is 22.6 Å². The third-order valence-electron chi connectivity index (χ3n) is 7.37. The molecule has 0 spiro atoms. The normalized spacial score (nSPS) is 16.6. The average Bonchev–Trinajstić information content (AvgIpc) is 3.24. The molecule has 7 nitrogen and oxygen atoms in total. The van der Waals surface area contributed by atoms with E-state index in [0.717, 1.165) is 62.4 Å². The Bertz CT molecular complexity index is 1130. The zero-order valence-electron chi connectivity index (χ0n) is 21.2. The van der Waals surface area contributed by atoms with Crippen molar-refractivity contribution in [2.75, 3.05) is 44.7 Å². The van der Waals surface area contributed by atoms with Crippen LogP contribution in [0.3, 0.4) is 0 Å². The highest BCUT2D eigenvalue weighted by atomic mass is 19.1. The monoisotopic (exact) mass is 512 g/mol. The minimum atomic E-state index is -0.662. The molecule has 1 fully saturated rings. The van der Waals surface area contributed by atoms with Gasteiger partial charge < -0.3 is 19.9 Å². The van der Waals surface area contributed by atoms with Crippen LogP contribution >= 0.6 is 0 Å². The molecule has 0 aliphatic carbocycles. The van der Waals surface area contributed by atoms with Crippen molar-refractivity contribution in [3.63, 3.8) is 0 Å². The number of carbonyl (C=O) groups is 3. The molecule has 2 aromatic rings. The van der Waals surface area contributed by atoms with Crippen LogP contribution < -0.4 is 10.2 Å². The van der Waals surface area contributed by atoms with Gasteiger partial charge in [-0.05, 0) is 61.6 Å². The lowest BCUT2D eigenvalue weighted by atomic mass is 9.98. The number of likely N-dealkylation sites (N-methyl/N-ethyl adjacent to an activating group) is 1. The molecular formula is C28H34F2N4O3. The first kappa shape index (κ1) is 26.7. The van der Waals surface area contributed by atoms with Gasteiger partial charge in [-0.3, -0.25) is 14.5 Å². The zero-order chi connectivity index (χ0) is 26.4. The quantitative estimate of drug-likeness (QED) is 0.370. The number of aldehydes is 1. The van der Waals surface area contributed by atoms with E-state index in [0.29, 0.717) is 37.3 Å². The van der Waals surface area contributed by atoms with Crippen molar-refractivity contribution < 1.29 is 23.2 Å². The second-order valence-electron chi connectivity index (χ2n) is 9.63. The highest BCUT2D eigenvalue weighted by Gasteiger charge is 2.36. The Kier molecular flexibility index (Phi) is 8.87. The Morgan fingerprint density at radius 1 is 1.11 bits per heavy atom. The molecule has 0 bridgehead atoms. The van der Waals surface area contributed by atoms with E-state index in [2.05, 4.69) is 10.2 Å². The Balaban J connectivity index is 1.28. The van der Waals surface area contributed by atoms with Gasteiger partial charge >= 0.3 is 0 Å². The summed E-state index contributed by atoms with van der Waals surface area (Å²) in [5.41, 5.74) is 3.19. The van der Waals surface area contributed by atoms with Crippen molar-refractivity contribution in [1.29, 1.82) is 0 Å². The number of hydrogen-bond donors (Lipinski definition) is 1. The number of fused-ring (bicyclic) bond motifs is 1. The predicted molar refractivity (Wildman–Crippen MR) is 137 cm³/mol. The van der Waals surface area contributed by atoms with Gasteiger partial charge in [0.1, 0.15) is 24.0 Å². The fourth-order valence-corrected chi connectivity index (χ4v) is 5.33. The molecule has 1 unspecified atom stereocenters. The molecule has 2 amide bonds. The molecule has 2 aliphatic rings. The van der Waals surface area contributed by atoms with E-state index >= 15 is 0 Å². The Morgan fingerprint density at radius 3 is 2.59 bits per heavy atom. The van der Waals surface area contributed by atoms with E-state index in [-0.39, 0.29) is 18.2 Å². The first-order chi connectivity index (χ1) is 17.9. The van der Waals surface area contributed by atoms with E-state index in [1.165, 1.54) is 19.2 Å². The molecule has 1 saturated heterocycles. The number of carbonyl (C=O) groups excluding carboxylic acids is 3. The molecule has 9 heteroatoms. The van der Waals surface area contributed by atoms with E-state index in [9.17, 15) is 23.2 Å². The molecule has 0 radical (unpaired) electrons. The molecular weight excluding hydrogens is 478 g/mol. The molecule has 0 saturated carbocycles. The second-order valence-corrected chi connectivity index (χ2v) is 9.63. The van der Waals surface area contributed by atoms with Crippen LogP contribution in [0.2, 0.25) is 0 Å². The number of nitrogens with one attached hydrogen (secondary N) is 1. The number of hydrogen-bond acceptors (Lipinski definition) is 5. The van der Waals surface area contributed by atoms with Gasteiger partial charge in [0.05, 0.1) is 5.69 Å². The Labute approximate surface area is 216 Å². The van der Waals surface area contributed by atoms with Crippen LogP contribution in [0.15, 0.2) is 36.4 Å². The number of unbranched alkanes of at least 4 members (excludes halogenated alkanes) is 1. The summed E-state index contributed by atoms with van der Waals surface area (Å²) >= 11 is 0. The lowest BCUT2D eigenvalue weighted by Gasteiger charge is -2.36. The van der Waals surface area contributed by atoms with Gasteiger partial charge in [0.15, 0.2) is 0 Å². The molecule has 198 valence electrons. The number of aryl methyl sites for hydroxylation is 1. The van der Waals surface area contributed by atoms with Crippen LogP contribution in [-0.4, -0.2) is 73.7 Å². The van der Waals surface area contributed by atoms with Gasteiger partial charge in [0.2, 0.25) is 5.91 Å². The number of amides is 2. The largest absolute Gasteiger partial charge is 0.367 e. The first-order valence-electron chi connectivity index (χ1n) is 12.9. The van der Waals surface area contributed by atoms with Gasteiger partial charge in [-0.2, -0.15) is 0 Å². The van der Waals surface area contributed by atoms with Crippen molar-refractivity contribution in [1.82, 2.24) is 15.1 Å². The lowest BCUT2D eigenvalue weighted by molar-refractivity contribution is -0.125. The Hall–Kier alpha value is -3.33. The first-order valence-corrected chi connectivity index (χ1v) is 12.9. The van der Waals surface area contributed by atoms with Crippen molar-refractivity contribution in [2.45, 2.75) is 44.7 Å². The molecule has 2 aliphatic heterocycles. The topological polar surface area (TPSA) is 73.0 Å². The third-order valence-corrected chi connectivity index (χ3v) is 7.37. The minimum absolute atomic E-state index is 0.160. The molecule has 1 N–H and O–H groups in total. The zero-order valence-corrected chi connectivity index (χ0v) is 21.2. The minimum Gasteiger partial charge on any atom is -0.367 e. The number of halogens is 2. The van der Waals surface area contributed by atoms with Gasteiger partial charge in [-0.1, -0.05) is 12.1 Å². The van der Waals surface area contributed by atoms with Gasteiger partial charge in [0, 0.05) is 57.8 Å². The number of anilines is 1. The molecule has 2 heterocycles. The molecule has 1 atom stereocenters. The van der Waals surface area contributed by atoms with Crippen LogP contribution in [0.25, 0.3) is 0 Å². The standard InChI is InChI=1S/C28H34F2N4O3/c1-31-27(36)26(9-5-17-35)34-19-23-20(7-4-8-22(23)28(34)37)6-2-3-12-32-13-15-33(16-14-32)25-11-10-21(29)18-24(25)30/h4,7-8,10-11,17-18,26H,2-3,5-6,9,12-16,19H2,1H3,(H,31,36). The SMILES string of the molecule is CNC(=O)C(CCC=O)N1Cc2c(CCCCN3CCN(c4ccc(F)cc4F)CC3)cccc2C1=O. The smallest absolute Gasteiger partial charge is 0.255 e. The van der Waals surface area contributed by atoms with Crippen molar-refractivity contribution in [3.05, 3.63) is 64.7 Å². The van der Waals surface area contributed by atoms with Crippen LogP contribution in [0.1, 0.15) is 47.2 Å². The van der Waals surface area contributed by atoms with E-state index in [4.69, 9.17) is 0 Å². The maximum atomic E-state index is 14.1. The summed E-state index contributed by atoms with van der Waals surface area (Å²) in [5, 5.41) is 2.61. The van der Waals surface area contributed by atoms with E-state index in [1.54, 1.807) is 4.90 Å². The summed E-state index contributed by atoms with van der Waals surface area (Å²) in [5.74, 6) is -1.50. The summed E-state index contributed by atoms with van der Waals surface area (Å²) in [6, 6.07) is 8.82. The van der Waals surface area contributed by atoms with Gasteiger partial charge in [0.25, 0.3) is 5.91 Å². The second kappa shape index (κ2) is 12.3. The Morgan fingerprint density at radius 2 is 1.89 bits per heavy atom. The summed E-state index contributed by atoms with van der Waals surface area (Å²) in [7, 11) is 1.54. The summed E-state index contributed by atoms with van der Waals surface area (Å²) in [6.45, 7) is 4.35. The van der Waals surface area contributed by atoms with Crippen LogP contribution in [0, 0.1) is 11.6 Å². The number of rotatable bonds is 11. The highest BCUT2D eigenvalue weighted by molar-refractivity contribution is 6.01. The summed E-state index contributed by atoms with van der Waals surface area (Å²) in [4.78, 5) is 42.3. The maximum Gasteiger partial charge on any atom is 0.255 e. The molecule has 2 aromatic carbocycles. The van der Waals surface area contributed by atoms with E-state index < -0.39 is 17.7 Å². The van der Waals surface area contributed by atoms with Gasteiger partial charge in [-0.25, -0.2) is 8.78 Å². The van der Waals surface area contributed by atoms with Crippen molar-refractivity contribution in [2.24, 2.45) is 0 Å².